The van der Waals surface area contributed by atoms with Crippen molar-refractivity contribution in [3.8, 4) is 10.4 Å². The maximum atomic E-state index is 12.5. The lowest BCUT2D eigenvalue weighted by Crippen LogP contribution is -2.29. The minimum atomic E-state index is -3.56. The number of hydrogen-bond acceptors (Lipinski definition) is 7. The van der Waals surface area contributed by atoms with Crippen molar-refractivity contribution < 1.29 is 13.2 Å². The lowest BCUT2D eigenvalue weighted by molar-refractivity contribution is -0.114. The third-order valence-electron chi connectivity index (χ3n) is 4.82. The number of aromatic nitrogens is 2. The van der Waals surface area contributed by atoms with E-state index in [1.54, 1.807) is 12.3 Å². The molecule has 30 heavy (non-hydrogen) atoms. The van der Waals surface area contributed by atoms with E-state index in [0.29, 0.717) is 35.4 Å². The Balaban J connectivity index is 1.65. The molecule has 1 fully saturated rings. The van der Waals surface area contributed by atoms with E-state index in [0.717, 1.165) is 4.88 Å². The number of carbonyl (C=O) groups is 1. The van der Waals surface area contributed by atoms with Gasteiger partial charge in [0.1, 0.15) is 0 Å². The second-order valence-electron chi connectivity index (χ2n) is 7.39. The fraction of sp³-hybridized carbons (Fsp3) is 0.526. The smallest absolute Gasteiger partial charge is 0.232 e. The molecule has 0 radical (unpaired) electrons. The summed E-state index contributed by atoms with van der Waals surface area (Å²) in [5, 5.41) is 6.62. The molecule has 8 nitrogen and oxygen atoms in total. The van der Waals surface area contributed by atoms with Gasteiger partial charge in [-0.25, -0.2) is 18.4 Å². The molecule has 1 amide bonds. The summed E-state index contributed by atoms with van der Waals surface area (Å²) < 4.78 is 27.6. The second-order valence-corrected chi connectivity index (χ2v) is 10.6. The first kappa shape index (κ1) is 22.9. The standard InChI is InChI=1S/C19H26ClN5O3S2/c1-12-17(29-19(23-12)24-13(2)26)14-10-16(18(20)22-11-14)25-30(27,28)9-5-8-21-15-6-3-4-7-15/h10-11,15,21,25H,3-9H2,1-2H3,(H,23,24,26). The van der Waals surface area contributed by atoms with E-state index in [9.17, 15) is 13.2 Å². The summed E-state index contributed by atoms with van der Waals surface area (Å²) in [4.78, 5) is 20.5. The summed E-state index contributed by atoms with van der Waals surface area (Å²) in [6, 6.07) is 2.16. The molecule has 0 aromatic carbocycles. The van der Waals surface area contributed by atoms with Crippen LogP contribution in [0.5, 0.6) is 0 Å². The fourth-order valence-corrected chi connectivity index (χ4v) is 5.75. The number of hydrogen-bond donors (Lipinski definition) is 3. The summed E-state index contributed by atoms with van der Waals surface area (Å²) >= 11 is 7.42. The first-order valence-corrected chi connectivity index (χ1v) is 12.7. The molecule has 1 aliphatic rings. The molecule has 3 N–H and O–H groups in total. The van der Waals surface area contributed by atoms with Crippen molar-refractivity contribution in [1.29, 1.82) is 0 Å². The minimum absolute atomic E-state index is 0.000455. The molecular formula is C19H26ClN5O3S2. The highest BCUT2D eigenvalue weighted by Gasteiger charge is 2.18. The number of nitrogens with one attached hydrogen (secondary N) is 3. The van der Waals surface area contributed by atoms with Gasteiger partial charge in [0.05, 0.1) is 22.0 Å². The Morgan fingerprint density at radius 2 is 2.07 bits per heavy atom. The van der Waals surface area contributed by atoms with Crippen LogP contribution in [-0.2, 0) is 14.8 Å². The number of aryl methyl sites for hydroxylation is 1. The first-order chi connectivity index (χ1) is 14.2. The highest BCUT2D eigenvalue weighted by molar-refractivity contribution is 7.92. The summed E-state index contributed by atoms with van der Waals surface area (Å²) in [6.45, 7) is 3.90. The Kier molecular flexibility index (Phi) is 7.67. The van der Waals surface area contributed by atoms with Crippen LogP contribution >= 0.6 is 22.9 Å². The van der Waals surface area contributed by atoms with Gasteiger partial charge in [-0.05, 0) is 38.8 Å². The van der Waals surface area contributed by atoms with Gasteiger partial charge in [0, 0.05) is 24.7 Å². The number of halogens is 1. The third kappa shape index (κ3) is 6.37. The molecule has 0 atom stereocenters. The molecule has 3 rings (SSSR count). The quantitative estimate of drug-likeness (QED) is 0.378. The molecule has 0 aliphatic heterocycles. The zero-order valence-corrected chi connectivity index (χ0v) is 19.4. The molecule has 1 saturated carbocycles. The number of sulfonamides is 1. The van der Waals surface area contributed by atoms with Gasteiger partial charge in [0.2, 0.25) is 15.9 Å². The van der Waals surface area contributed by atoms with Gasteiger partial charge in [0.15, 0.2) is 10.3 Å². The Morgan fingerprint density at radius 3 is 2.77 bits per heavy atom. The largest absolute Gasteiger partial charge is 0.314 e. The van der Waals surface area contributed by atoms with E-state index in [1.165, 1.54) is 43.9 Å². The van der Waals surface area contributed by atoms with Gasteiger partial charge in [-0.1, -0.05) is 35.8 Å². The number of amides is 1. The molecule has 0 bridgehead atoms. The average Bonchev–Trinajstić information content (AvgIpc) is 3.30. The highest BCUT2D eigenvalue weighted by atomic mass is 35.5. The van der Waals surface area contributed by atoms with Crippen LogP contribution in [0.2, 0.25) is 5.15 Å². The zero-order chi connectivity index (χ0) is 21.7. The first-order valence-electron chi connectivity index (χ1n) is 9.88. The molecule has 2 aromatic heterocycles. The molecule has 2 aromatic rings. The Bertz CT molecular complexity index is 1000. The van der Waals surface area contributed by atoms with E-state index >= 15 is 0 Å². The van der Waals surface area contributed by atoms with Crippen LogP contribution in [0.1, 0.15) is 44.7 Å². The number of carbonyl (C=O) groups excluding carboxylic acids is 1. The van der Waals surface area contributed by atoms with Crippen LogP contribution in [0.25, 0.3) is 10.4 Å². The summed E-state index contributed by atoms with van der Waals surface area (Å²) in [6.07, 6.45) is 6.89. The van der Waals surface area contributed by atoms with Gasteiger partial charge >= 0.3 is 0 Å². The van der Waals surface area contributed by atoms with E-state index in [4.69, 9.17) is 11.6 Å². The van der Waals surface area contributed by atoms with Crippen molar-refractivity contribution in [1.82, 2.24) is 15.3 Å². The van der Waals surface area contributed by atoms with Crippen LogP contribution in [0.3, 0.4) is 0 Å². The van der Waals surface area contributed by atoms with Crippen LogP contribution in [0.4, 0.5) is 10.8 Å². The van der Waals surface area contributed by atoms with Crippen molar-refractivity contribution in [2.45, 2.75) is 52.0 Å². The number of rotatable bonds is 9. The lowest BCUT2D eigenvalue weighted by atomic mass is 10.2. The van der Waals surface area contributed by atoms with Gasteiger partial charge < -0.3 is 10.6 Å². The molecule has 1 aliphatic carbocycles. The molecule has 11 heteroatoms. The van der Waals surface area contributed by atoms with Crippen molar-refractivity contribution in [3.63, 3.8) is 0 Å². The Morgan fingerprint density at radius 1 is 1.33 bits per heavy atom. The predicted molar refractivity (Wildman–Crippen MR) is 122 cm³/mol. The van der Waals surface area contributed by atoms with Gasteiger partial charge in [-0.15, -0.1) is 0 Å². The van der Waals surface area contributed by atoms with Crippen molar-refractivity contribution in [2.75, 3.05) is 22.3 Å². The fourth-order valence-electron chi connectivity index (χ4n) is 3.43. The van der Waals surface area contributed by atoms with Gasteiger partial charge in [-0.3, -0.25) is 9.52 Å². The summed E-state index contributed by atoms with van der Waals surface area (Å²) in [5.74, 6) is -0.208. The maximum absolute atomic E-state index is 12.5. The SMILES string of the molecule is CC(=O)Nc1nc(C)c(-c2cnc(Cl)c(NS(=O)(=O)CCCNC3CCCC3)c2)s1. The van der Waals surface area contributed by atoms with Crippen LogP contribution in [-0.4, -0.2) is 42.6 Å². The van der Waals surface area contributed by atoms with Gasteiger partial charge in [-0.2, -0.15) is 0 Å². The van der Waals surface area contributed by atoms with Crippen LogP contribution in [0, 0.1) is 6.92 Å². The number of thiazole rings is 1. The van der Waals surface area contributed by atoms with E-state index in [2.05, 4.69) is 25.3 Å². The van der Waals surface area contributed by atoms with Crippen molar-refractivity contribution >= 4 is 49.7 Å². The lowest BCUT2D eigenvalue weighted by Gasteiger charge is -2.13. The normalized spacial score (nSPS) is 14.8. The van der Waals surface area contributed by atoms with E-state index < -0.39 is 10.0 Å². The zero-order valence-electron chi connectivity index (χ0n) is 17.0. The summed E-state index contributed by atoms with van der Waals surface area (Å²) in [7, 11) is -3.56. The Labute approximate surface area is 185 Å². The minimum Gasteiger partial charge on any atom is -0.314 e. The predicted octanol–water partition coefficient (Wildman–Crippen LogP) is 3.79. The maximum Gasteiger partial charge on any atom is 0.232 e. The molecule has 2 heterocycles. The molecule has 0 saturated heterocycles. The van der Waals surface area contributed by atoms with Crippen molar-refractivity contribution in [2.24, 2.45) is 0 Å². The second kappa shape index (κ2) is 10.0. The van der Waals surface area contributed by atoms with Gasteiger partial charge in [0.25, 0.3) is 0 Å². The molecule has 164 valence electrons. The Hall–Kier alpha value is -1.75. The molecular weight excluding hydrogens is 446 g/mol. The number of anilines is 2. The topological polar surface area (TPSA) is 113 Å². The number of nitrogens with zero attached hydrogens (tertiary/aromatic N) is 2. The van der Waals surface area contributed by atoms with Crippen molar-refractivity contribution in [3.05, 3.63) is 23.1 Å². The van der Waals surface area contributed by atoms with E-state index in [1.807, 2.05) is 6.92 Å². The molecule has 0 unspecified atom stereocenters. The monoisotopic (exact) mass is 471 g/mol. The third-order valence-corrected chi connectivity index (χ3v) is 7.60. The number of pyridine rings is 1. The average molecular weight is 472 g/mol. The highest BCUT2D eigenvalue weighted by Crippen LogP contribution is 2.35. The molecule has 0 spiro atoms. The summed E-state index contributed by atoms with van der Waals surface area (Å²) in [5.41, 5.74) is 1.61. The van der Waals surface area contributed by atoms with E-state index in [-0.39, 0.29) is 22.5 Å². The van der Waals surface area contributed by atoms with Crippen LogP contribution < -0.4 is 15.4 Å². The van der Waals surface area contributed by atoms with Crippen LogP contribution in [0.15, 0.2) is 12.3 Å².